The Balaban J connectivity index is 2.07. The molecule has 0 fully saturated rings. The van der Waals surface area contributed by atoms with Gasteiger partial charge in [0.05, 0.1) is 11.1 Å². The Morgan fingerprint density at radius 3 is 2.65 bits per heavy atom. The molecule has 0 amide bonds. The summed E-state index contributed by atoms with van der Waals surface area (Å²) in [4.78, 5) is 6.16. The van der Waals surface area contributed by atoms with Gasteiger partial charge in [-0.1, -0.05) is 18.2 Å². The normalized spacial score (nSPS) is 11.8. The van der Waals surface area contributed by atoms with Crippen molar-refractivity contribution in [1.82, 2.24) is 14.7 Å². The highest BCUT2D eigenvalue weighted by molar-refractivity contribution is 5.94. The van der Waals surface area contributed by atoms with Crippen LogP contribution in [0.5, 0.6) is 11.5 Å². The maximum atomic E-state index is 10.4. The van der Waals surface area contributed by atoms with Crippen molar-refractivity contribution >= 4 is 22.8 Å². The van der Waals surface area contributed by atoms with E-state index in [-0.39, 0.29) is 11.5 Å². The van der Waals surface area contributed by atoms with Gasteiger partial charge in [-0.05, 0) is 26.2 Å². The second-order valence-corrected chi connectivity index (χ2v) is 5.51. The number of rotatable bonds is 4. The molecule has 0 atom stereocenters. The van der Waals surface area contributed by atoms with Gasteiger partial charge >= 0.3 is 0 Å². The summed E-state index contributed by atoms with van der Waals surface area (Å²) in [6.07, 6.45) is 3.36. The summed E-state index contributed by atoms with van der Waals surface area (Å²) in [7, 11) is 3.85. The third kappa shape index (κ3) is 3.02. The number of aromatic nitrogens is 2. The fraction of sp³-hybridized carbons (Fsp3) is 0.176. The van der Waals surface area contributed by atoms with Gasteiger partial charge in [0.2, 0.25) is 0 Å². The SMILES string of the molecule is CN(C)CC=Nc1cc(O)c2cn(-c3ccccc3)nc2c1O. The molecule has 0 aliphatic rings. The second kappa shape index (κ2) is 6.10. The highest BCUT2D eigenvalue weighted by Gasteiger charge is 2.15. The molecule has 0 aliphatic heterocycles. The van der Waals surface area contributed by atoms with Crippen LogP contribution in [0.1, 0.15) is 0 Å². The molecule has 0 saturated heterocycles. The van der Waals surface area contributed by atoms with Crippen molar-refractivity contribution in [2.24, 2.45) is 4.99 Å². The molecule has 1 heterocycles. The number of hydrogen-bond donors (Lipinski definition) is 2. The summed E-state index contributed by atoms with van der Waals surface area (Å²) in [5.74, 6) is -0.000489. The molecule has 2 aromatic carbocycles. The summed E-state index contributed by atoms with van der Waals surface area (Å²) < 4.78 is 1.62. The van der Waals surface area contributed by atoms with E-state index in [1.807, 2.05) is 49.3 Å². The quantitative estimate of drug-likeness (QED) is 0.574. The molecule has 0 spiro atoms. The Labute approximate surface area is 133 Å². The molecular formula is C17H18N4O2. The van der Waals surface area contributed by atoms with Crippen LogP contribution in [0.15, 0.2) is 47.6 Å². The lowest BCUT2D eigenvalue weighted by atomic mass is 10.2. The van der Waals surface area contributed by atoms with Crippen LogP contribution in [0.2, 0.25) is 0 Å². The summed E-state index contributed by atoms with van der Waals surface area (Å²) >= 11 is 0. The minimum Gasteiger partial charge on any atom is -0.507 e. The molecule has 0 radical (unpaired) electrons. The van der Waals surface area contributed by atoms with Crippen molar-refractivity contribution in [3.05, 3.63) is 42.6 Å². The molecule has 3 aromatic rings. The van der Waals surface area contributed by atoms with E-state index < -0.39 is 0 Å². The summed E-state index contributed by atoms with van der Waals surface area (Å²) in [6, 6.07) is 11.0. The molecule has 23 heavy (non-hydrogen) atoms. The Morgan fingerprint density at radius 1 is 1.22 bits per heavy atom. The van der Waals surface area contributed by atoms with Gasteiger partial charge in [0.1, 0.15) is 17.0 Å². The standard InChI is InChI=1S/C17H18N4O2/c1-20(2)9-8-18-14-10-15(22)13-11-21(19-16(13)17(14)23)12-6-4-3-5-7-12/h3-8,10-11,22-23H,9H2,1-2H3. The average molecular weight is 310 g/mol. The van der Waals surface area contributed by atoms with Crippen molar-refractivity contribution < 1.29 is 10.2 Å². The van der Waals surface area contributed by atoms with Gasteiger partial charge < -0.3 is 15.1 Å². The summed E-state index contributed by atoms with van der Waals surface area (Å²) in [6.45, 7) is 0.636. The average Bonchev–Trinajstić information content (AvgIpc) is 2.99. The maximum Gasteiger partial charge on any atom is 0.169 e. The third-order valence-electron chi connectivity index (χ3n) is 3.43. The lowest BCUT2D eigenvalue weighted by molar-refractivity contribution is 0.468. The summed E-state index contributed by atoms with van der Waals surface area (Å²) in [5.41, 5.74) is 1.47. The molecule has 1 aromatic heterocycles. The third-order valence-corrected chi connectivity index (χ3v) is 3.43. The van der Waals surface area contributed by atoms with Gasteiger partial charge in [0.25, 0.3) is 0 Å². The van der Waals surface area contributed by atoms with E-state index in [1.165, 1.54) is 6.07 Å². The molecule has 6 nitrogen and oxygen atoms in total. The van der Waals surface area contributed by atoms with Crippen LogP contribution in [0.25, 0.3) is 16.6 Å². The molecule has 2 N–H and O–H groups in total. The number of phenolic OH excluding ortho intramolecular Hbond substituents is 2. The first-order valence-corrected chi connectivity index (χ1v) is 7.23. The molecule has 0 unspecified atom stereocenters. The van der Waals surface area contributed by atoms with Gasteiger partial charge in [0, 0.05) is 25.0 Å². The fourth-order valence-corrected chi connectivity index (χ4v) is 2.25. The molecular weight excluding hydrogens is 292 g/mol. The zero-order valence-corrected chi connectivity index (χ0v) is 13.0. The first-order chi connectivity index (χ1) is 11.1. The molecule has 118 valence electrons. The van der Waals surface area contributed by atoms with Crippen LogP contribution < -0.4 is 0 Å². The number of benzene rings is 2. The lowest BCUT2D eigenvalue weighted by Crippen LogP contribution is -2.13. The van der Waals surface area contributed by atoms with Crippen molar-refractivity contribution in [3.8, 4) is 17.2 Å². The number of aliphatic imine (C=N–C) groups is 1. The Morgan fingerprint density at radius 2 is 1.96 bits per heavy atom. The molecule has 0 bridgehead atoms. The van der Waals surface area contributed by atoms with Gasteiger partial charge in [-0.15, -0.1) is 0 Å². The van der Waals surface area contributed by atoms with Crippen molar-refractivity contribution in [2.45, 2.75) is 0 Å². The van der Waals surface area contributed by atoms with Crippen LogP contribution in [-0.2, 0) is 0 Å². The lowest BCUT2D eigenvalue weighted by Gasteiger charge is -2.04. The highest BCUT2D eigenvalue weighted by Crippen LogP contribution is 2.39. The zero-order valence-electron chi connectivity index (χ0n) is 13.0. The second-order valence-electron chi connectivity index (χ2n) is 5.51. The smallest absolute Gasteiger partial charge is 0.169 e. The summed E-state index contributed by atoms with van der Waals surface area (Å²) in [5, 5.41) is 25.4. The van der Waals surface area contributed by atoms with E-state index in [0.29, 0.717) is 23.1 Å². The van der Waals surface area contributed by atoms with Crippen LogP contribution in [0.3, 0.4) is 0 Å². The van der Waals surface area contributed by atoms with Crippen LogP contribution in [0, 0.1) is 0 Å². The van der Waals surface area contributed by atoms with Gasteiger partial charge in [0.15, 0.2) is 5.75 Å². The zero-order chi connectivity index (χ0) is 16.4. The minimum atomic E-state index is -0.0394. The maximum absolute atomic E-state index is 10.4. The predicted octanol–water partition coefficient (Wildman–Crippen LogP) is 2.70. The minimum absolute atomic E-state index is 0.0389. The molecule has 6 heteroatoms. The van der Waals surface area contributed by atoms with Crippen molar-refractivity contribution in [2.75, 3.05) is 20.6 Å². The van der Waals surface area contributed by atoms with Crippen LogP contribution >= 0.6 is 0 Å². The number of hydrogen-bond acceptors (Lipinski definition) is 5. The number of aromatic hydroxyl groups is 2. The van der Waals surface area contributed by atoms with Crippen LogP contribution in [0.4, 0.5) is 5.69 Å². The van der Waals surface area contributed by atoms with Gasteiger partial charge in [-0.2, -0.15) is 5.10 Å². The fourth-order valence-electron chi connectivity index (χ4n) is 2.25. The predicted molar refractivity (Wildman–Crippen MR) is 91.1 cm³/mol. The molecule has 3 rings (SSSR count). The highest BCUT2D eigenvalue weighted by atomic mass is 16.3. The first-order valence-electron chi connectivity index (χ1n) is 7.23. The van der Waals surface area contributed by atoms with Gasteiger partial charge in [-0.3, -0.25) is 4.99 Å². The Hall–Kier alpha value is -2.86. The van der Waals surface area contributed by atoms with Crippen molar-refractivity contribution in [3.63, 3.8) is 0 Å². The van der Waals surface area contributed by atoms with E-state index in [9.17, 15) is 10.2 Å². The van der Waals surface area contributed by atoms with E-state index >= 15 is 0 Å². The topological polar surface area (TPSA) is 73.9 Å². The van der Waals surface area contributed by atoms with E-state index in [0.717, 1.165) is 5.69 Å². The van der Waals surface area contributed by atoms with E-state index in [2.05, 4.69) is 10.1 Å². The monoisotopic (exact) mass is 310 g/mol. The Bertz CT molecular complexity index is 854. The Kier molecular flexibility index (Phi) is 3.99. The van der Waals surface area contributed by atoms with Crippen molar-refractivity contribution in [1.29, 1.82) is 0 Å². The largest absolute Gasteiger partial charge is 0.507 e. The number of fused-ring (bicyclic) bond motifs is 1. The number of para-hydroxylation sites is 1. The van der Waals surface area contributed by atoms with E-state index in [4.69, 9.17) is 0 Å². The number of phenols is 2. The molecule has 0 aliphatic carbocycles. The van der Waals surface area contributed by atoms with Crippen LogP contribution in [-0.4, -0.2) is 51.7 Å². The van der Waals surface area contributed by atoms with Gasteiger partial charge in [-0.25, -0.2) is 4.68 Å². The van der Waals surface area contributed by atoms with E-state index in [1.54, 1.807) is 17.1 Å². The first kappa shape index (κ1) is 15.1. The number of nitrogens with zero attached hydrogens (tertiary/aromatic N) is 4. The molecule has 0 saturated carbocycles.